The number of hydrogen-bond donors (Lipinski definition) is 1. The van der Waals surface area contributed by atoms with Gasteiger partial charge < -0.3 is 10.0 Å². The lowest BCUT2D eigenvalue weighted by atomic mass is 10.1. The van der Waals surface area contributed by atoms with Crippen molar-refractivity contribution in [3.8, 4) is 0 Å². The molecule has 0 atom stereocenters. The van der Waals surface area contributed by atoms with E-state index in [2.05, 4.69) is 15.9 Å². The molecule has 1 aromatic rings. The van der Waals surface area contributed by atoms with Gasteiger partial charge in [-0.3, -0.25) is 19.7 Å². The van der Waals surface area contributed by atoms with Crippen LogP contribution in [0.25, 0.3) is 0 Å². The number of carbonyl (C=O) groups is 2. The summed E-state index contributed by atoms with van der Waals surface area (Å²) in [5.74, 6) is -1.27. The van der Waals surface area contributed by atoms with Crippen molar-refractivity contribution in [2.24, 2.45) is 5.92 Å². The molecule has 0 saturated heterocycles. The number of carboxylic acids is 1. The Bertz CT molecular complexity index is 600. The van der Waals surface area contributed by atoms with Crippen molar-refractivity contribution in [3.63, 3.8) is 0 Å². The molecule has 1 fully saturated rings. The molecule has 0 unspecified atom stereocenters. The zero-order valence-corrected chi connectivity index (χ0v) is 12.6. The fraction of sp³-hybridized carbons (Fsp3) is 0.385. The first kappa shape index (κ1) is 15.4. The van der Waals surface area contributed by atoms with E-state index in [1.165, 1.54) is 17.0 Å². The summed E-state index contributed by atoms with van der Waals surface area (Å²) in [6.45, 7) is -0.0335. The van der Waals surface area contributed by atoms with E-state index in [-0.39, 0.29) is 15.7 Å². The lowest BCUT2D eigenvalue weighted by molar-refractivity contribution is -0.385. The van der Waals surface area contributed by atoms with Gasteiger partial charge in [0.1, 0.15) is 6.54 Å². The number of rotatable bonds is 6. The second-order valence-electron chi connectivity index (χ2n) is 4.95. The molecule has 2 rings (SSSR count). The van der Waals surface area contributed by atoms with Gasteiger partial charge in [-0.25, -0.2) is 0 Å². The van der Waals surface area contributed by atoms with Crippen molar-refractivity contribution in [2.75, 3.05) is 13.1 Å². The van der Waals surface area contributed by atoms with Crippen LogP contribution < -0.4 is 0 Å². The minimum Gasteiger partial charge on any atom is -0.480 e. The first-order chi connectivity index (χ1) is 9.88. The number of benzene rings is 1. The third-order valence-electron chi connectivity index (χ3n) is 3.18. The van der Waals surface area contributed by atoms with Crippen molar-refractivity contribution in [3.05, 3.63) is 38.3 Å². The van der Waals surface area contributed by atoms with Gasteiger partial charge in [0.15, 0.2) is 0 Å². The Morgan fingerprint density at radius 2 is 2.10 bits per heavy atom. The number of carbonyl (C=O) groups excluding carboxylic acids is 1. The molecular weight excluding hydrogens is 344 g/mol. The smallest absolute Gasteiger partial charge is 0.323 e. The van der Waals surface area contributed by atoms with Crippen LogP contribution in [0.2, 0.25) is 0 Å². The van der Waals surface area contributed by atoms with Gasteiger partial charge in [0.25, 0.3) is 11.6 Å². The fourth-order valence-corrected chi connectivity index (χ4v) is 2.35. The van der Waals surface area contributed by atoms with Crippen LogP contribution in [0.5, 0.6) is 0 Å². The molecule has 7 nitrogen and oxygen atoms in total. The monoisotopic (exact) mass is 356 g/mol. The van der Waals surface area contributed by atoms with Gasteiger partial charge in [0, 0.05) is 18.2 Å². The van der Waals surface area contributed by atoms with Gasteiger partial charge in [0.05, 0.1) is 9.40 Å². The minimum atomic E-state index is -1.10. The van der Waals surface area contributed by atoms with Crippen molar-refractivity contribution < 1.29 is 19.6 Å². The first-order valence-corrected chi connectivity index (χ1v) is 7.12. The number of nitrogens with zero attached hydrogens (tertiary/aromatic N) is 2. The zero-order valence-electron chi connectivity index (χ0n) is 11.0. The van der Waals surface area contributed by atoms with Gasteiger partial charge in [-0.2, -0.15) is 0 Å². The maximum absolute atomic E-state index is 12.4. The maximum atomic E-state index is 12.4. The topological polar surface area (TPSA) is 101 Å². The average Bonchev–Trinajstić information content (AvgIpc) is 3.21. The van der Waals surface area contributed by atoms with Gasteiger partial charge in [-0.15, -0.1) is 0 Å². The standard InChI is InChI=1S/C13H13BrN2O5/c14-10-4-3-9(5-11(10)16(20)21)13(19)15(7-12(17)18)6-8-1-2-8/h3-5,8H,1-2,6-7H2,(H,17,18). The molecule has 0 bridgehead atoms. The maximum Gasteiger partial charge on any atom is 0.323 e. The van der Waals surface area contributed by atoms with Crippen molar-refractivity contribution in [2.45, 2.75) is 12.8 Å². The Balaban J connectivity index is 2.24. The van der Waals surface area contributed by atoms with Crippen LogP contribution in [-0.4, -0.2) is 39.9 Å². The van der Waals surface area contributed by atoms with E-state index in [0.29, 0.717) is 12.5 Å². The highest BCUT2D eigenvalue weighted by Crippen LogP contribution is 2.31. The molecular formula is C13H13BrN2O5. The van der Waals surface area contributed by atoms with Crippen LogP contribution in [-0.2, 0) is 4.79 Å². The van der Waals surface area contributed by atoms with Crippen LogP contribution in [0.15, 0.2) is 22.7 Å². The highest BCUT2D eigenvalue weighted by atomic mass is 79.9. The van der Waals surface area contributed by atoms with E-state index in [9.17, 15) is 19.7 Å². The largest absolute Gasteiger partial charge is 0.480 e. The van der Waals surface area contributed by atoms with Crippen molar-refractivity contribution in [1.29, 1.82) is 0 Å². The zero-order chi connectivity index (χ0) is 15.6. The van der Waals surface area contributed by atoms with Crippen LogP contribution in [0.4, 0.5) is 5.69 Å². The van der Waals surface area contributed by atoms with Gasteiger partial charge >= 0.3 is 5.97 Å². The van der Waals surface area contributed by atoms with E-state index >= 15 is 0 Å². The van der Waals surface area contributed by atoms with Crippen LogP contribution in [0.3, 0.4) is 0 Å². The molecule has 1 aromatic carbocycles. The SMILES string of the molecule is O=C(O)CN(CC1CC1)C(=O)c1ccc(Br)c([N+](=O)[O-])c1. The summed E-state index contributed by atoms with van der Waals surface area (Å²) in [5, 5.41) is 19.8. The Labute approximate surface area is 128 Å². The second-order valence-corrected chi connectivity index (χ2v) is 5.80. The molecule has 1 aliphatic rings. The highest BCUT2D eigenvalue weighted by Gasteiger charge is 2.29. The number of hydrogen-bond acceptors (Lipinski definition) is 4. The van der Waals surface area contributed by atoms with E-state index in [1.807, 2.05) is 0 Å². The van der Waals surface area contributed by atoms with E-state index in [0.717, 1.165) is 18.9 Å². The first-order valence-electron chi connectivity index (χ1n) is 6.33. The lowest BCUT2D eigenvalue weighted by Gasteiger charge is -2.20. The summed E-state index contributed by atoms with van der Waals surface area (Å²) < 4.78 is 0.274. The van der Waals surface area contributed by atoms with Gasteiger partial charge in [0.2, 0.25) is 0 Å². The Morgan fingerprint density at radius 3 is 2.62 bits per heavy atom. The summed E-state index contributed by atoms with van der Waals surface area (Å²) in [5.41, 5.74) is -0.102. The van der Waals surface area contributed by atoms with Crippen molar-refractivity contribution >= 4 is 33.5 Å². The normalized spacial score (nSPS) is 13.8. The van der Waals surface area contributed by atoms with E-state index in [1.54, 1.807) is 0 Å². The van der Waals surface area contributed by atoms with Gasteiger partial charge in [-0.1, -0.05) is 0 Å². The highest BCUT2D eigenvalue weighted by molar-refractivity contribution is 9.10. The number of halogens is 1. The number of carboxylic acid groups (broad SMARTS) is 1. The van der Waals surface area contributed by atoms with E-state index in [4.69, 9.17) is 5.11 Å². The lowest BCUT2D eigenvalue weighted by Crippen LogP contribution is -2.37. The third kappa shape index (κ3) is 4.01. The second kappa shape index (κ2) is 6.21. The number of nitro benzene ring substituents is 1. The van der Waals surface area contributed by atoms with Crippen LogP contribution in [0, 0.1) is 16.0 Å². The Morgan fingerprint density at radius 1 is 1.43 bits per heavy atom. The Hall–Kier alpha value is -1.96. The quantitative estimate of drug-likeness (QED) is 0.622. The average molecular weight is 357 g/mol. The number of nitro groups is 1. The van der Waals surface area contributed by atoms with Crippen LogP contribution in [0.1, 0.15) is 23.2 Å². The molecule has 8 heteroatoms. The summed E-state index contributed by atoms with van der Waals surface area (Å²) >= 11 is 3.05. The molecule has 112 valence electrons. The van der Waals surface area contributed by atoms with Crippen LogP contribution >= 0.6 is 15.9 Å². The van der Waals surface area contributed by atoms with Gasteiger partial charge in [-0.05, 0) is 46.8 Å². The predicted octanol–water partition coefficient (Wildman–Crippen LogP) is 2.29. The molecule has 0 radical (unpaired) electrons. The summed E-state index contributed by atoms with van der Waals surface area (Å²) in [6, 6.07) is 4.02. The van der Waals surface area contributed by atoms with E-state index < -0.39 is 23.3 Å². The molecule has 1 amide bonds. The third-order valence-corrected chi connectivity index (χ3v) is 3.85. The minimum absolute atomic E-state index is 0.117. The Kier molecular flexibility index (Phi) is 4.56. The summed E-state index contributed by atoms with van der Waals surface area (Å²) in [6.07, 6.45) is 1.95. The molecule has 0 spiro atoms. The van der Waals surface area contributed by atoms with Crippen molar-refractivity contribution in [1.82, 2.24) is 4.90 Å². The summed E-state index contributed by atoms with van der Waals surface area (Å²) in [4.78, 5) is 34.7. The predicted molar refractivity (Wildman–Crippen MR) is 77.1 cm³/mol. The molecule has 0 heterocycles. The molecule has 0 aromatic heterocycles. The molecule has 1 aliphatic carbocycles. The molecule has 21 heavy (non-hydrogen) atoms. The number of amides is 1. The molecule has 0 aliphatic heterocycles. The fourth-order valence-electron chi connectivity index (χ4n) is 1.96. The molecule has 1 N–H and O–H groups in total. The summed E-state index contributed by atoms with van der Waals surface area (Å²) in [7, 11) is 0. The number of aliphatic carboxylic acids is 1. The molecule has 1 saturated carbocycles.